The summed E-state index contributed by atoms with van der Waals surface area (Å²) in [7, 11) is 0. The van der Waals surface area contributed by atoms with Crippen molar-refractivity contribution in [3.05, 3.63) is 59.1 Å². The third-order valence-corrected chi connectivity index (χ3v) is 3.85. The lowest BCUT2D eigenvalue weighted by Gasteiger charge is -2.17. The normalized spacial score (nSPS) is 12.0. The van der Waals surface area contributed by atoms with Crippen LogP contribution in [0.15, 0.2) is 48.5 Å². The average molecular weight is 332 g/mol. The van der Waals surface area contributed by atoms with Crippen LogP contribution >= 0.6 is 11.6 Å². The van der Waals surface area contributed by atoms with E-state index in [1.165, 1.54) is 5.56 Å². The summed E-state index contributed by atoms with van der Waals surface area (Å²) in [5.74, 6) is 0.947. The van der Waals surface area contributed by atoms with Crippen LogP contribution in [-0.2, 0) is 4.79 Å². The van der Waals surface area contributed by atoms with Crippen LogP contribution in [0.3, 0.4) is 0 Å². The molecule has 122 valence electrons. The molecule has 23 heavy (non-hydrogen) atoms. The lowest BCUT2D eigenvalue weighted by molar-refractivity contribution is -0.122. The summed E-state index contributed by atoms with van der Waals surface area (Å²) in [6.45, 7) is 6.20. The van der Waals surface area contributed by atoms with Crippen molar-refractivity contribution in [1.82, 2.24) is 0 Å². The fraction of sp³-hybridized carbons (Fsp3) is 0.316. The predicted octanol–water partition coefficient (Wildman–Crippen LogP) is 5.26. The predicted molar refractivity (Wildman–Crippen MR) is 95.3 cm³/mol. The Morgan fingerprint density at radius 2 is 1.70 bits per heavy atom. The Hall–Kier alpha value is -2.00. The van der Waals surface area contributed by atoms with Crippen LogP contribution in [-0.4, -0.2) is 12.0 Å². The van der Waals surface area contributed by atoms with E-state index in [0.717, 1.165) is 5.69 Å². The number of halogens is 1. The molecule has 0 radical (unpaired) electrons. The van der Waals surface area contributed by atoms with Gasteiger partial charge in [0.1, 0.15) is 5.75 Å². The van der Waals surface area contributed by atoms with Gasteiger partial charge in [-0.3, -0.25) is 4.79 Å². The highest BCUT2D eigenvalue weighted by atomic mass is 35.5. The molecule has 1 amide bonds. The summed E-state index contributed by atoms with van der Waals surface area (Å²) in [4.78, 5) is 12.4. The minimum atomic E-state index is -0.541. The molecule has 1 atom stereocenters. The second-order valence-electron chi connectivity index (χ2n) is 5.73. The monoisotopic (exact) mass is 331 g/mol. The molecule has 0 aliphatic rings. The van der Waals surface area contributed by atoms with Gasteiger partial charge in [0.2, 0.25) is 0 Å². The third kappa shape index (κ3) is 5.00. The van der Waals surface area contributed by atoms with Crippen LogP contribution in [0.2, 0.25) is 5.02 Å². The van der Waals surface area contributed by atoms with Gasteiger partial charge in [-0.2, -0.15) is 0 Å². The van der Waals surface area contributed by atoms with Gasteiger partial charge in [0, 0.05) is 10.7 Å². The quantitative estimate of drug-likeness (QED) is 0.784. The maximum Gasteiger partial charge on any atom is 0.265 e. The number of ether oxygens (including phenoxy) is 1. The van der Waals surface area contributed by atoms with Crippen LogP contribution in [0.5, 0.6) is 5.75 Å². The van der Waals surface area contributed by atoms with Gasteiger partial charge in [-0.25, -0.2) is 0 Å². The first-order chi connectivity index (χ1) is 11.0. The van der Waals surface area contributed by atoms with Crippen molar-refractivity contribution >= 4 is 23.2 Å². The third-order valence-electron chi connectivity index (χ3n) is 3.60. The Kier molecular flexibility index (Phi) is 6.05. The largest absolute Gasteiger partial charge is 0.481 e. The molecule has 0 aliphatic heterocycles. The van der Waals surface area contributed by atoms with E-state index in [-0.39, 0.29) is 5.91 Å². The number of hydrogen-bond acceptors (Lipinski definition) is 2. The van der Waals surface area contributed by atoms with Gasteiger partial charge < -0.3 is 10.1 Å². The van der Waals surface area contributed by atoms with Crippen molar-refractivity contribution in [3.8, 4) is 5.75 Å². The number of carbonyl (C=O) groups excluding carboxylic acids is 1. The molecule has 3 nitrogen and oxygen atoms in total. The molecule has 0 unspecified atom stereocenters. The number of rotatable bonds is 6. The number of benzene rings is 2. The molecular formula is C19H22ClNO2. The zero-order valence-electron chi connectivity index (χ0n) is 13.7. The number of anilines is 1. The van der Waals surface area contributed by atoms with E-state index in [9.17, 15) is 4.79 Å². The zero-order chi connectivity index (χ0) is 16.8. The van der Waals surface area contributed by atoms with Crippen LogP contribution < -0.4 is 10.1 Å². The molecule has 2 aromatic carbocycles. The SMILES string of the molecule is CC[C@H](Oc1ccc(Cl)cc1)C(=O)Nc1ccc(C(C)C)cc1. The summed E-state index contributed by atoms with van der Waals surface area (Å²) in [6, 6.07) is 14.9. The second kappa shape index (κ2) is 8.02. The van der Waals surface area contributed by atoms with Crippen LogP contribution in [0, 0.1) is 0 Å². The van der Waals surface area contributed by atoms with Crippen molar-refractivity contribution in [2.75, 3.05) is 5.32 Å². The molecule has 0 aliphatic carbocycles. The van der Waals surface area contributed by atoms with Gasteiger partial charge >= 0.3 is 0 Å². The van der Waals surface area contributed by atoms with Gasteiger partial charge in [0.15, 0.2) is 6.10 Å². The van der Waals surface area contributed by atoms with E-state index in [1.54, 1.807) is 24.3 Å². The van der Waals surface area contributed by atoms with E-state index in [1.807, 2.05) is 31.2 Å². The topological polar surface area (TPSA) is 38.3 Å². The molecule has 4 heteroatoms. The minimum absolute atomic E-state index is 0.153. The standard InChI is InChI=1S/C19H22ClNO2/c1-4-18(23-17-11-7-15(20)8-12-17)19(22)21-16-9-5-14(6-10-16)13(2)3/h5-13,18H,4H2,1-3H3,(H,21,22)/t18-/m0/s1. The highest BCUT2D eigenvalue weighted by molar-refractivity contribution is 6.30. The molecule has 2 aromatic rings. The molecule has 0 saturated carbocycles. The van der Waals surface area contributed by atoms with Gasteiger partial charge in [-0.1, -0.05) is 44.5 Å². The molecule has 0 heterocycles. The van der Waals surface area contributed by atoms with Crippen LogP contribution in [0.25, 0.3) is 0 Å². The molecule has 2 rings (SSSR count). The summed E-state index contributed by atoms with van der Waals surface area (Å²) in [5.41, 5.74) is 2.02. The molecule has 1 N–H and O–H groups in total. The highest BCUT2D eigenvalue weighted by Crippen LogP contribution is 2.20. The van der Waals surface area contributed by atoms with Gasteiger partial charge in [0.05, 0.1) is 0 Å². The molecular weight excluding hydrogens is 310 g/mol. The fourth-order valence-corrected chi connectivity index (χ4v) is 2.30. The van der Waals surface area contributed by atoms with Crippen molar-refractivity contribution in [2.24, 2.45) is 0 Å². The molecule has 0 aromatic heterocycles. The van der Waals surface area contributed by atoms with E-state index in [4.69, 9.17) is 16.3 Å². The Labute approximate surface area is 142 Å². The van der Waals surface area contributed by atoms with Gasteiger partial charge in [0.25, 0.3) is 5.91 Å². The number of nitrogens with one attached hydrogen (secondary N) is 1. The van der Waals surface area contributed by atoms with Crippen molar-refractivity contribution in [1.29, 1.82) is 0 Å². The Balaban J connectivity index is 2.00. The molecule has 0 saturated heterocycles. The second-order valence-corrected chi connectivity index (χ2v) is 6.17. The van der Waals surface area contributed by atoms with Crippen molar-refractivity contribution < 1.29 is 9.53 Å². The first-order valence-electron chi connectivity index (χ1n) is 7.82. The molecule has 0 bridgehead atoms. The zero-order valence-corrected chi connectivity index (χ0v) is 14.4. The molecule has 0 fully saturated rings. The van der Waals surface area contributed by atoms with Crippen LogP contribution in [0.1, 0.15) is 38.7 Å². The first-order valence-corrected chi connectivity index (χ1v) is 8.20. The minimum Gasteiger partial charge on any atom is -0.481 e. The number of carbonyl (C=O) groups is 1. The van der Waals surface area contributed by atoms with E-state index in [2.05, 4.69) is 19.2 Å². The summed E-state index contributed by atoms with van der Waals surface area (Å²) in [6.07, 6.45) is 0.0411. The average Bonchev–Trinajstić information content (AvgIpc) is 2.54. The summed E-state index contributed by atoms with van der Waals surface area (Å²) < 4.78 is 5.74. The smallest absolute Gasteiger partial charge is 0.265 e. The van der Waals surface area contributed by atoms with Crippen molar-refractivity contribution in [3.63, 3.8) is 0 Å². The lowest BCUT2D eigenvalue weighted by atomic mass is 10.0. The lowest BCUT2D eigenvalue weighted by Crippen LogP contribution is -2.32. The maximum atomic E-state index is 12.4. The summed E-state index contributed by atoms with van der Waals surface area (Å²) >= 11 is 5.85. The first kappa shape index (κ1) is 17.4. The highest BCUT2D eigenvalue weighted by Gasteiger charge is 2.18. The number of hydrogen-bond donors (Lipinski definition) is 1. The van der Waals surface area contributed by atoms with Gasteiger partial charge in [-0.15, -0.1) is 0 Å². The van der Waals surface area contributed by atoms with Gasteiger partial charge in [-0.05, 0) is 54.3 Å². The summed E-state index contributed by atoms with van der Waals surface area (Å²) in [5, 5.41) is 3.54. The Morgan fingerprint density at radius 3 is 2.22 bits per heavy atom. The van der Waals surface area contributed by atoms with Crippen molar-refractivity contribution in [2.45, 2.75) is 39.2 Å². The Morgan fingerprint density at radius 1 is 1.09 bits per heavy atom. The van der Waals surface area contributed by atoms with E-state index in [0.29, 0.717) is 23.1 Å². The maximum absolute atomic E-state index is 12.4. The van der Waals surface area contributed by atoms with E-state index >= 15 is 0 Å². The molecule has 0 spiro atoms. The number of amides is 1. The van der Waals surface area contributed by atoms with E-state index < -0.39 is 6.10 Å². The Bertz CT molecular complexity index is 635. The van der Waals surface area contributed by atoms with Crippen LogP contribution in [0.4, 0.5) is 5.69 Å². The fourth-order valence-electron chi connectivity index (χ4n) is 2.17.